The molecule has 2 aromatic rings. The van der Waals surface area contributed by atoms with Crippen molar-refractivity contribution in [3.63, 3.8) is 0 Å². The zero-order valence-electron chi connectivity index (χ0n) is 8.91. The molecule has 0 aliphatic heterocycles. The van der Waals surface area contributed by atoms with E-state index in [1.807, 2.05) is 31.3 Å². The van der Waals surface area contributed by atoms with E-state index in [0.29, 0.717) is 0 Å². The van der Waals surface area contributed by atoms with Crippen molar-refractivity contribution < 1.29 is 0 Å². The molecule has 0 atom stereocenters. The van der Waals surface area contributed by atoms with E-state index < -0.39 is 0 Å². The molecule has 1 nitrogen and oxygen atoms in total. The summed E-state index contributed by atoms with van der Waals surface area (Å²) >= 11 is 5.84. The van der Waals surface area contributed by atoms with Crippen molar-refractivity contribution in [1.82, 2.24) is 0 Å². The van der Waals surface area contributed by atoms with Crippen molar-refractivity contribution in [1.29, 1.82) is 0 Å². The Hall–Kier alpha value is -1.18. The van der Waals surface area contributed by atoms with E-state index in [4.69, 9.17) is 11.6 Å². The number of benzene rings is 2. The van der Waals surface area contributed by atoms with Gasteiger partial charge < -0.3 is 5.32 Å². The first-order valence-corrected chi connectivity index (χ1v) is 5.21. The minimum absolute atomic E-state index is 0. The van der Waals surface area contributed by atoms with E-state index in [-0.39, 0.29) is 12.4 Å². The summed E-state index contributed by atoms with van der Waals surface area (Å²) in [7, 11) is 1.91. The number of nitrogens with one attached hydrogen (secondary N) is 1. The Morgan fingerprint density at radius 2 is 1.25 bits per heavy atom. The van der Waals surface area contributed by atoms with Crippen molar-refractivity contribution in [2.75, 3.05) is 12.4 Å². The standard InChI is InChI=1S/C13H12ClN.ClH/c1-15-13-8-4-11(5-9-13)10-2-6-12(14)7-3-10;/h2-9,15H,1H3;1H. The summed E-state index contributed by atoms with van der Waals surface area (Å²) in [6, 6.07) is 16.2. The Labute approximate surface area is 107 Å². The van der Waals surface area contributed by atoms with Crippen molar-refractivity contribution in [2.24, 2.45) is 0 Å². The van der Waals surface area contributed by atoms with Gasteiger partial charge in [-0.25, -0.2) is 0 Å². The molecule has 0 aliphatic carbocycles. The lowest BCUT2D eigenvalue weighted by Gasteiger charge is -2.03. The highest BCUT2D eigenvalue weighted by atomic mass is 35.5. The Kier molecular flexibility index (Phi) is 4.66. The van der Waals surface area contributed by atoms with Crippen LogP contribution in [0.2, 0.25) is 5.02 Å². The van der Waals surface area contributed by atoms with Crippen molar-refractivity contribution in [3.8, 4) is 11.1 Å². The van der Waals surface area contributed by atoms with Crippen LogP contribution in [0.5, 0.6) is 0 Å². The van der Waals surface area contributed by atoms with Gasteiger partial charge >= 0.3 is 0 Å². The fourth-order valence-corrected chi connectivity index (χ4v) is 1.60. The van der Waals surface area contributed by atoms with Crippen molar-refractivity contribution in [2.45, 2.75) is 0 Å². The summed E-state index contributed by atoms with van der Waals surface area (Å²) in [5.74, 6) is 0. The number of halogens is 2. The molecule has 0 aromatic heterocycles. The minimum atomic E-state index is 0. The van der Waals surface area contributed by atoms with Gasteiger partial charge in [0.2, 0.25) is 0 Å². The summed E-state index contributed by atoms with van der Waals surface area (Å²) in [6.07, 6.45) is 0. The summed E-state index contributed by atoms with van der Waals surface area (Å²) in [5, 5.41) is 3.86. The molecule has 2 aromatic carbocycles. The quantitative estimate of drug-likeness (QED) is 0.833. The maximum absolute atomic E-state index is 5.84. The second-order valence-corrected chi connectivity index (χ2v) is 3.77. The summed E-state index contributed by atoms with van der Waals surface area (Å²) < 4.78 is 0. The third-order valence-corrected chi connectivity index (χ3v) is 2.60. The fraction of sp³-hybridized carbons (Fsp3) is 0.0769. The third kappa shape index (κ3) is 2.91. The second-order valence-electron chi connectivity index (χ2n) is 3.33. The molecule has 0 bridgehead atoms. The molecule has 1 N–H and O–H groups in total. The van der Waals surface area contributed by atoms with Crippen LogP contribution < -0.4 is 5.32 Å². The zero-order valence-corrected chi connectivity index (χ0v) is 10.5. The summed E-state index contributed by atoms with van der Waals surface area (Å²) in [6.45, 7) is 0. The fourth-order valence-electron chi connectivity index (χ4n) is 1.47. The smallest absolute Gasteiger partial charge is 0.0406 e. The zero-order chi connectivity index (χ0) is 10.7. The number of hydrogen-bond acceptors (Lipinski definition) is 1. The van der Waals surface area contributed by atoms with E-state index in [9.17, 15) is 0 Å². The molecule has 0 fully saturated rings. The molecular formula is C13H13Cl2N. The SMILES string of the molecule is CNc1ccc(-c2ccc(Cl)cc2)cc1.Cl. The van der Waals surface area contributed by atoms with Gasteiger partial charge in [-0.2, -0.15) is 0 Å². The van der Waals surface area contributed by atoms with Gasteiger partial charge in [0.05, 0.1) is 0 Å². The molecule has 16 heavy (non-hydrogen) atoms. The molecule has 0 spiro atoms. The Morgan fingerprint density at radius 1 is 0.812 bits per heavy atom. The predicted molar refractivity (Wildman–Crippen MR) is 73.7 cm³/mol. The largest absolute Gasteiger partial charge is 0.388 e. The van der Waals surface area contributed by atoms with E-state index in [1.165, 1.54) is 11.1 Å². The van der Waals surface area contributed by atoms with Crippen LogP contribution in [0.4, 0.5) is 5.69 Å². The number of rotatable bonds is 2. The predicted octanol–water partition coefficient (Wildman–Crippen LogP) is 4.47. The first-order valence-electron chi connectivity index (χ1n) is 4.83. The first kappa shape index (κ1) is 12.9. The van der Waals surface area contributed by atoms with Crippen molar-refractivity contribution in [3.05, 3.63) is 53.6 Å². The Morgan fingerprint density at radius 3 is 1.69 bits per heavy atom. The topological polar surface area (TPSA) is 12.0 Å². The maximum atomic E-state index is 5.84. The summed E-state index contributed by atoms with van der Waals surface area (Å²) in [5.41, 5.74) is 3.50. The molecule has 0 aliphatic rings. The molecule has 84 valence electrons. The van der Waals surface area contributed by atoms with E-state index in [2.05, 4.69) is 29.6 Å². The minimum Gasteiger partial charge on any atom is -0.388 e. The second kappa shape index (κ2) is 5.78. The van der Waals surface area contributed by atoms with E-state index in [0.717, 1.165) is 10.7 Å². The highest BCUT2D eigenvalue weighted by Gasteiger charge is 1.97. The van der Waals surface area contributed by atoms with E-state index in [1.54, 1.807) is 0 Å². The first-order chi connectivity index (χ1) is 7.29. The highest BCUT2D eigenvalue weighted by Crippen LogP contribution is 2.22. The molecular weight excluding hydrogens is 241 g/mol. The van der Waals surface area contributed by atoms with Gasteiger partial charge in [0.1, 0.15) is 0 Å². The van der Waals surface area contributed by atoms with Crippen LogP contribution in [0.15, 0.2) is 48.5 Å². The Bertz CT molecular complexity index is 434. The molecule has 2 rings (SSSR count). The Balaban J connectivity index is 0.00000128. The molecule has 0 saturated carbocycles. The van der Waals surface area contributed by atoms with Gasteiger partial charge in [0, 0.05) is 17.8 Å². The van der Waals surface area contributed by atoms with Gasteiger partial charge in [-0.1, -0.05) is 35.9 Å². The lowest BCUT2D eigenvalue weighted by atomic mass is 10.1. The van der Waals surface area contributed by atoms with Crippen LogP contribution in [0, 0.1) is 0 Å². The van der Waals surface area contributed by atoms with Crippen LogP contribution in [-0.4, -0.2) is 7.05 Å². The molecule has 0 saturated heterocycles. The van der Waals surface area contributed by atoms with Gasteiger partial charge in [-0.05, 0) is 35.4 Å². The highest BCUT2D eigenvalue weighted by molar-refractivity contribution is 6.30. The van der Waals surface area contributed by atoms with Crippen LogP contribution in [-0.2, 0) is 0 Å². The van der Waals surface area contributed by atoms with E-state index >= 15 is 0 Å². The molecule has 0 heterocycles. The average molecular weight is 254 g/mol. The third-order valence-electron chi connectivity index (χ3n) is 2.35. The van der Waals surface area contributed by atoms with Crippen LogP contribution >= 0.6 is 24.0 Å². The van der Waals surface area contributed by atoms with Gasteiger partial charge in [-0.3, -0.25) is 0 Å². The lowest BCUT2D eigenvalue weighted by Crippen LogP contribution is -1.86. The van der Waals surface area contributed by atoms with Crippen molar-refractivity contribution >= 4 is 29.7 Å². The number of hydrogen-bond donors (Lipinski definition) is 1. The maximum Gasteiger partial charge on any atom is 0.0406 e. The van der Waals surface area contributed by atoms with Gasteiger partial charge in [0.15, 0.2) is 0 Å². The molecule has 0 amide bonds. The van der Waals surface area contributed by atoms with Crippen LogP contribution in [0.25, 0.3) is 11.1 Å². The van der Waals surface area contributed by atoms with Crippen LogP contribution in [0.3, 0.4) is 0 Å². The van der Waals surface area contributed by atoms with Gasteiger partial charge in [0.25, 0.3) is 0 Å². The molecule has 3 heteroatoms. The molecule has 0 unspecified atom stereocenters. The number of anilines is 1. The summed E-state index contributed by atoms with van der Waals surface area (Å²) in [4.78, 5) is 0. The lowest BCUT2D eigenvalue weighted by molar-refractivity contribution is 1.51. The van der Waals surface area contributed by atoms with Gasteiger partial charge in [-0.15, -0.1) is 12.4 Å². The average Bonchev–Trinajstić information content (AvgIpc) is 2.30. The van der Waals surface area contributed by atoms with Crippen LogP contribution in [0.1, 0.15) is 0 Å². The monoisotopic (exact) mass is 253 g/mol. The molecule has 0 radical (unpaired) electrons. The normalized spacial score (nSPS) is 9.38.